The lowest BCUT2D eigenvalue weighted by atomic mass is 9.75. The van der Waals surface area contributed by atoms with E-state index >= 15 is 0 Å². The normalized spacial score (nSPS) is 17.1. The smallest absolute Gasteiger partial charge is 0.165 e. The van der Waals surface area contributed by atoms with Crippen molar-refractivity contribution in [2.24, 2.45) is 5.41 Å². The van der Waals surface area contributed by atoms with Gasteiger partial charge >= 0.3 is 0 Å². The molecule has 1 aliphatic rings. The third-order valence-electron chi connectivity index (χ3n) is 5.83. The van der Waals surface area contributed by atoms with Gasteiger partial charge in [-0.1, -0.05) is 38.3 Å². The van der Waals surface area contributed by atoms with Crippen LogP contribution in [0.2, 0.25) is 0 Å². The molecular formula is C24H35NO3. The van der Waals surface area contributed by atoms with E-state index < -0.39 is 6.29 Å². The summed E-state index contributed by atoms with van der Waals surface area (Å²) in [5, 5.41) is 10.8. The summed E-state index contributed by atoms with van der Waals surface area (Å²) in [6.07, 6.45) is 5.96. The van der Waals surface area contributed by atoms with Crippen LogP contribution in [0.15, 0.2) is 18.2 Å². The number of ketones is 1. The SMILES string of the molecule is CCOC(O)CCCCCCn1c2c(c3cc(C)ccc31)C(=O)CC(C)(C)C2. The van der Waals surface area contributed by atoms with Crippen molar-refractivity contribution in [1.29, 1.82) is 0 Å². The number of carbonyl (C=O) groups is 1. The van der Waals surface area contributed by atoms with Crippen molar-refractivity contribution >= 4 is 16.7 Å². The van der Waals surface area contributed by atoms with Crippen molar-refractivity contribution < 1.29 is 14.6 Å². The van der Waals surface area contributed by atoms with E-state index in [0.717, 1.165) is 49.6 Å². The van der Waals surface area contributed by atoms with E-state index in [4.69, 9.17) is 4.74 Å². The Bertz CT molecular complexity index is 834. The van der Waals surface area contributed by atoms with Crippen LogP contribution in [0.5, 0.6) is 0 Å². The van der Waals surface area contributed by atoms with Crippen LogP contribution in [0.4, 0.5) is 0 Å². The molecule has 1 heterocycles. The minimum atomic E-state index is -0.623. The molecule has 0 aliphatic heterocycles. The third kappa shape index (κ3) is 4.66. The van der Waals surface area contributed by atoms with Crippen molar-refractivity contribution in [1.82, 2.24) is 4.57 Å². The quantitative estimate of drug-likeness (QED) is 0.464. The maximum absolute atomic E-state index is 12.9. The molecule has 0 saturated heterocycles. The first kappa shape index (κ1) is 21.1. The Morgan fingerprint density at radius 1 is 1.18 bits per heavy atom. The molecule has 0 spiro atoms. The third-order valence-corrected chi connectivity index (χ3v) is 5.83. The van der Waals surface area contributed by atoms with Gasteiger partial charge in [-0.2, -0.15) is 0 Å². The van der Waals surface area contributed by atoms with Gasteiger partial charge in [0.25, 0.3) is 0 Å². The minimum absolute atomic E-state index is 0.0284. The van der Waals surface area contributed by atoms with Crippen LogP contribution in [0.25, 0.3) is 10.9 Å². The van der Waals surface area contributed by atoms with Crippen molar-refractivity contribution in [3.8, 4) is 0 Å². The molecule has 1 unspecified atom stereocenters. The fourth-order valence-electron chi connectivity index (χ4n) is 4.53. The Balaban J connectivity index is 1.72. The molecule has 1 aliphatic carbocycles. The van der Waals surface area contributed by atoms with Crippen molar-refractivity contribution in [3.63, 3.8) is 0 Å². The summed E-state index contributed by atoms with van der Waals surface area (Å²) in [6.45, 7) is 9.90. The number of aliphatic hydroxyl groups is 1. The molecule has 2 aromatic rings. The summed E-state index contributed by atoms with van der Waals surface area (Å²) in [7, 11) is 0. The predicted molar refractivity (Wildman–Crippen MR) is 114 cm³/mol. The topological polar surface area (TPSA) is 51.5 Å². The second-order valence-corrected chi connectivity index (χ2v) is 9.05. The predicted octanol–water partition coefficient (Wildman–Crippen LogP) is 5.41. The first-order chi connectivity index (χ1) is 13.3. The highest BCUT2D eigenvalue weighted by atomic mass is 16.6. The van der Waals surface area contributed by atoms with Crippen molar-refractivity contribution in [2.75, 3.05) is 6.61 Å². The largest absolute Gasteiger partial charge is 0.368 e. The molecule has 154 valence electrons. The zero-order valence-electron chi connectivity index (χ0n) is 17.9. The monoisotopic (exact) mass is 385 g/mol. The van der Waals surface area contributed by atoms with Crippen LogP contribution >= 0.6 is 0 Å². The highest BCUT2D eigenvalue weighted by molar-refractivity contribution is 6.10. The molecule has 4 nitrogen and oxygen atoms in total. The van der Waals surface area contributed by atoms with Gasteiger partial charge in [0, 0.05) is 41.7 Å². The molecule has 1 N–H and O–H groups in total. The number of nitrogens with zero attached hydrogens (tertiary/aromatic N) is 1. The standard InChI is InChI=1S/C24H35NO3/c1-5-28-22(27)10-8-6-7-9-13-25-19-12-11-17(2)14-18(19)23-20(25)15-24(3,4)16-21(23)26/h11-12,14,22,27H,5-10,13,15-16H2,1-4H3. The molecular weight excluding hydrogens is 350 g/mol. The number of Topliss-reactive ketones (excluding diaryl/α,β-unsaturated/α-hetero) is 1. The number of unbranched alkanes of at least 4 members (excludes halogenated alkanes) is 3. The second kappa shape index (κ2) is 8.79. The van der Waals surface area contributed by atoms with Gasteiger partial charge in [0.15, 0.2) is 12.1 Å². The summed E-state index contributed by atoms with van der Waals surface area (Å²) >= 11 is 0. The van der Waals surface area contributed by atoms with Gasteiger partial charge in [0.05, 0.1) is 0 Å². The van der Waals surface area contributed by atoms with Crippen LogP contribution in [-0.2, 0) is 17.7 Å². The number of fused-ring (bicyclic) bond motifs is 3. The number of carbonyl (C=O) groups excluding carboxylic acids is 1. The van der Waals surface area contributed by atoms with E-state index in [9.17, 15) is 9.90 Å². The Morgan fingerprint density at radius 3 is 2.68 bits per heavy atom. The Morgan fingerprint density at radius 2 is 1.93 bits per heavy atom. The molecule has 0 fully saturated rings. The number of hydrogen-bond donors (Lipinski definition) is 1. The molecule has 0 saturated carbocycles. The van der Waals surface area contributed by atoms with Crippen LogP contribution in [0.3, 0.4) is 0 Å². The van der Waals surface area contributed by atoms with Gasteiger partial charge in [-0.05, 0) is 57.1 Å². The van der Waals surface area contributed by atoms with Gasteiger partial charge in [-0.15, -0.1) is 0 Å². The average Bonchev–Trinajstić information content (AvgIpc) is 2.89. The second-order valence-electron chi connectivity index (χ2n) is 9.05. The molecule has 0 bridgehead atoms. The molecule has 28 heavy (non-hydrogen) atoms. The van der Waals surface area contributed by atoms with Gasteiger partial charge in [-0.3, -0.25) is 4.79 Å². The Hall–Kier alpha value is -1.65. The van der Waals surface area contributed by atoms with Gasteiger partial charge in [-0.25, -0.2) is 0 Å². The summed E-state index contributed by atoms with van der Waals surface area (Å²) in [6, 6.07) is 6.51. The van der Waals surface area contributed by atoms with E-state index in [2.05, 4.69) is 43.5 Å². The number of ether oxygens (including phenoxy) is 1. The van der Waals surface area contributed by atoms with Gasteiger partial charge in [0.1, 0.15) is 0 Å². The lowest BCUT2D eigenvalue weighted by molar-refractivity contribution is -0.0994. The van der Waals surface area contributed by atoms with E-state index in [1.807, 2.05) is 6.92 Å². The molecule has 4 heteroatoms. The number of hydrogen-bond acceptors (Lipinski definition) is 3. The van der Waals surface area contributed by atoms with Crippen LogP contribution in [0, 0.1) is 12.3 Å². The van der Waals surface area contributed by atoms with E-state index in [1.165, 1.54) is 16.8 Å². The lowest BCUT2D eigenvalue weighted by Crippen LogP contribution is -2.28. The van der Waals surface area contributed by atoms with Crippen molar-refractivity contribution in [3.05, 3.63) is 35.0 Å². The fourth-order valence-corrected chi connectivity index (χ4v) is 4.53. The summed E-state index contributed by atoms with van der Waals surface area (Å²) in [4.78, 5) is 12.9. The number of benzene rings is 1. The first-order valence-corrected chi connectivity index (χ1v) is 10.8. The maximum Gasteiger partial charge on any atom is 0.165 e. The van der Waals surface area contributed by atoms with E-state index in [-0.39, 0.29) is 5.41 Å². The Kier molecular flexibility index (Phi) is 6.61. The molecule has 1 atom stereocenters. The minimum Gasteiger partial charge on any atom is -0.368 e. The fraction of sp³-hybridized carbons (Fsp3) is 0.625. The molecule has 3 rings (SSSR count). The number of aryl methyl sites for hydroxylation is 2. The van der Waals surface area contributed by atoms with Crippen LogP contribution in [-0.4, -0.2) is 28.4 Å². The van der Waals surface area contributed by atoms with Crippen LogP contribution < -0.4 is 0 Å². The summed E-state index contributed by atoms with van der Waals surface area (Å²) in [5.74, 6) is 0.297. The molecule has 1 aromatic carbocycles. The van der Waals surface area contributed by atoms with Gasteiger partial charge in [0.2, 0.25) is 0 Å². The molecule has 0 radical (unpaired) electrons. The first-order valence-electron chi connectivity index (χ1n) is 10.8. The molecule has 1 aromatic heterocycles. The number of rotatable bonds is 9. The summed E-state index contributed by atoms with van der Waals surface area (Å²) < 4.78 is 7.58. The Labute approximate surface area is 168 Å². The molecule has 0 amide bonds. The van der Waals surface area contributed by atoms with Crippen LogP contribution in [0.1, 0.15) is 80.9 Å². The van der Waals surface area contributed by atoms with E-state index in [0.29, 0.717) is 25.2 Å². The highest BCUT2D eigenvalue weighted by Gasteiger charge is 2.35. The zero-order valence-corrected chi connectivity index (χ0v) is 17.9. The van der Waals surface area contributed by atoms with Crippen molar-refractivity contribution in [2.45, 2.75) is 85.5 Å². The number of aromatic nitrogens is 1. The summed E-state index contributed by atoms with van der Waals surface area (Å²) in [5.41, 5.74) is 4.64. The number of aliphatic hydroxyl groups excluding tert-OH is 1. The zero-order chi connectivity index (χ0) is 20.3. The van der Waals surface area contributed by atoms with E-state index in [1.54, 1.807) is 0 Å². The highest BCUT2D eigenvalue weighted by Crippen LogP contribution is 2.40. The lowest BCUT2D eigenvalue weighted by Gasteiger charge is -2.29. The van der Waals surface area contributed by atoms with Gasteiger partial charge < -0.3 is 14.4 Å². The maximum atomic E-state index is 12.9. The average molecular weight is 386 g/mol.